The zero-order valence-corrected chi connectivity index (χ0v) is 21.6. The SMILES string of the molecule is CC(=O)O[13C@H]1[13CH](O)O[13C@H]([13CH2]OP(=O)(O)OP(=O)(O)OC[C@H]2O[C@@H](n3cnc4c(N)ncnc43)[C@H](O)[C@@H]2O)[13C@H]1O. The number of aliphatic hydroxyl groups is 4. The molecule has 0 bridgehead atoms. The number of nitrogen functional groups attached to an aromatic ring is 1. The Labute approximate surface area is 218 Å². The van der Waals surface area contributed by atoms with E-state index in [0.717, 1.165) is 13.3 Å². The van der Waals surface area contributed by atoms with Crippen LogP contribution in [0.2, 0.25) is 0 Å². The van der Waals surface area contributed by atoms with Crippen molar-refractivity contribution in [3.63, 3.8) is 0 Å². The molecule has 20 nitrogen and oxygen atoms in total. The van der Waals surface area contributed by atoms with Crippen LogP contribution >= 0.6 is 15.6 Å². The Bertz CT molecular complexity index is 1300. The molecule has 218 valence electrons. The molecule has 22 heteroatoms. The van der Waals surface area contributed by atoms with Crippen molar-refractivity contribution >= 4 is 38.6 Å². The lowest BCUT2D eigenvalue weighted by Crippen LogP contribution is -2.37. The fraction of sp³-hybridized carbons (Fsp3) is 0.647. The number of nitrogens with zero attached hydrogens (tertiary/aromatic N) is 4. The number of carbonyl (C=O) groups excluding carboxylic acids is 1. The minimum absolute atomic E-state index is 0.0510. The monoisotopic (exact) mass is 606 g/mol. The Balaban J connectivity index is 1.32. The lowest BCUT2D eigenvalue weighted by molar-refractivity contribution is -0.170. The average Bonchev–Trinajstić information content (AvgIpc) is 3.47. The van der Waals surface area contributed by atoms with E-state index in [1.807, 2.05) is 0 Å². The number of hydrogen-bond donors (Lipinski definition) is 7. The standard InChI is InChI=1S/C17H25N5O15P2/c1-6(23)34-13-11(25)8(36-17(13)27)3-33-39(30,31)37-38(28,29)32-2-7-10(24)12(26)16(35-7)22-5-21-9-14(18)19-4-20-15(9)22/h4-5,7-8,10-13,16-17,24-27H,2-3H2,1H3,(H,28,29)(H,30,31)(H2,18,19,20)/t7-,8-,10-,11-,12-,13-,16-,17?/m1/s1/i3+1,8+1,11+1,13+1,17+1. The molecule has 2 fully saturated rings. The summed E-state index contributed by atoms with van der Waals surface area (Å²) in [6, 6.07) is 0. The van der Waals surface area contributed by atoms with Gasteiger partial charge in [-0.3, -0.25) is 18.4 Å². The van der Waals surface area contributed by atoms with Crippen molar-refractivity contribution in [3.05, 3.63) is 12.7 Å². The molecule has 3 unspecified atom stereocenters. The number of rotatable bonds is 10. The van der Waals surface area contributed by atoms with Crippen LogP contribution in [0.15, 0.2) is 12.7 Å². The molecule has 2 aromatic heterocycles. The summed E-state index contributed by atoms with van der Waals surface area (Å²) in [4.78, 5) is 42.5. The molecular weight excluding hydrogens is 581 g/mol. The number of phosphoric acid groups is 2. The van der Waals surface area contributed by atoms with Gasteiger partial charge in [0.15, 0.2) is 30.1 Å². The molecule has 0 spiro atoms. The molecule has 0 amide bonds. The summed E-state index contributed by atoms with van der Waals surface area (Å²) in [5, 5.41) is 40.5. The smallest absolute Gasteiger partial charge is 0.454 e. The Kier molecular flexibility index (Phi) is 8.70. The summed E-state index contributed by atoms with van der Waals surface area (Å²) in [6.07, 6.45) is -10.0. The van der Waals surface area contributed by atoms with E-state index in [4.69, 9.17) is 15.2 Å². The van der Waals surface area contributed by atoms with Gasteiger partial charge in [0, 0.05) is 6.92 Å². The van der Waals surface area contributed by atoms with Gasteiger partial charge in [-0.25, -0.2) is 24.1 Å². The molecule has 2 aliphatic rings. The number of fused-ring (bicyclic) bond motifs is 1. The number of carbonyl (C=O) groups is 1. The van der Waals surface area contributed by atoms with Crippen molar-refractivity contribution < 1.29 is 71.7 Å². The van der Waals surface area contributed by atoms with Crippen LogP contribution in [0.25, 0.3) is 11.2 Å². The van der Waals surface area contributed by atoms with Crippen LogP contribution < -0.4 is 5.73 Å². The molecule has 2 aromatic rings. The molecule has 4 rings (SSSR count). The van der Waals surface area contributed by atoms with Gasteiger partial charge in [-0.05, 0) is 0 Å². The van der Waals surface area contributed by atoms with E-state index in [2.05, 4.69) is 33.0 Å². The predicted molar refractivity (Wildman–Crippen MR) is 121 cm³/mol. The Morgan fingerprint density at radius 3 is 2.23 bits per heavy atom. The van der Waals surface area contributed by atoms with Crippen LogP contribution in [0.3, 0.4) is 0 Å². The topological polar surface area (TPSA) is 298 Å². The van der Waals surface area contributed by atoms with Crippen molar-refractivity contribution in [2.45, 2.75) is 56.1 Å². The lowest BCUT2D eigenvalue weighted by Gasteiger charge is -2.20. The summed E-state index contributed by atoms with van der Waals surface area (Å²) in [5.74, 6) is -0.792. The second-order valence-corrected chi connectivity index (χ2v) is 11.4. The highest BCUT2D eigenvalue weighted by atomic mass is 31.3. The fourth-order valence-corrected chi connectivity index (χ4v) is 5.93. The fourth-order valence-electron chi connectivity index (χ4n) is 3.84. The molecule has 0 aliphatic carbocycles. The van der Waals surface area contributed by atoms with E-state index >= 15 is 0 Å². The quantitative estimate of drug-likeness (QED) is 0.0821. The number of nitrogens with two attached hydrogens (primary N) is 1. The summed E-state index contributed by atoms with van der Waals surface area (Å²) < 4.78 is 54.1. The molecular formula is C17H25N5O15P2. The van der Waals surface area contributed by atoms with E-state index in [9.17, 15) is 44.1 Å². The highest BCUT2D eigenvalue weighted by molar-refractivity contribution is 7.61. The highest BCUT2D eigenvalue weighted by Crippen LogP contribution is 2.60. The predicted octanol–water partition coefficient (Wildman–Crippen LogP) is -2.71. The van der Waals surface area contributed by atoms with Crippen molar-refractivity contribution in [1.82, 2.24) is 19.5 Å². The molecule has 10 atom stereocenters. The van der Waals surface area contributed by atoms with Crippen LogP contribution in [-0.2, 0) is 41.5 Å². The molecule has 0 aromatic carbocycles. The van der Waals surface area contributed by atoms with E-state index in [1.54, 1.807) is 0 Å². The van der Waals surface area contributed by atoms with Crippen molar-refractivity contribution in [1.29, 1.82) is 0 Å². The van der Waals surface area contributed by atoms with Crippen molar-refractivity contribution in [2.24, 2.45) is 0 Å². The van der Waals surface area contributed by atoms with Crippen molar-refractivity contribution in [2.75, 3.05) is 18.9 Å². The van der Waals surface area contributed by atoms with Crippen LogP contribution in [0.5, 0.6) is 0 Å². The Morgan fingerprint density at radius 2 is 1.62 bits per heavy atom. The largest absolute Gasteiger partial charge is 0.481 e. The minimum Gasteiger partial charge on any atom is -0.454 e. The first kappa shape index (κ1) is 29.8. The number of ether oxygens (including phenoxy) is 3. The summed E-state index contributed by atoms with van der Waals surface area (Å²) in [5.41, 5.74) is 6.08. The molecule has 2 saturated heterocycles. The van der Waals surface area contributed by atoms with E-state index in [-0.39, 0.29) is 17.0 Å². The molecule has 8 N–H and O–H groups in total. The minimum atomic E-state index is -5.35. The van der Waals surface area contributed by atoms with Gasteiger partial charge in [-0.1, -0.05) is 0 Å². The molecule has 39 heavy (non-hydrogen) atoms. The first-order valence-electron chi connectivity index (χ1n) is 11.0. The van der Waals surface area contributed by atoms with Gasteiger partial charge >= 0.3 is 21.6 Å². The second kappa shape index (κ2) is 11.4. The summed E-state index contributed by atoms with van der Waals surface area (Å²) >= 11 is 0. The first-order chi connectivity index (χ1) is 18.2. The van der Waals surface area contributed by atoms with E-state index in [1.165, 1.54) is 10.9 Å². The average molecular weight is 606 g/mol. The third kappa shape index (κ3) is 6.60. The van der Waals surface area contributed by atoms with Crippen LogP contribution in [0.1, 0.15) is 13.2 Å². The van der Waals surface area contributed by atoms with E-state index in [0.29, 0.717) is 0 Å². The summed E-state index contributed by atoms with van der Waals surface area (Å²) in [6.45, 7) is -0.818. The number of imidazole rings is 1. The van der Waals surface area contributed by atoms with Crippen LogP contribution in [0, 0.1) is 0 Å². The molecule has 0 saturated carbocycles. The van der Waals surface area contributed by atoms with Gasteiger partial charge in [-0.15, -0.1) is 0 Å². The van der Waals surface area contributed by atoms with Crippen LogP contribution in [-0.4, -0.2) is 112 Å². The third-order valence-corrected chi connectivity index (χ3v) is 8.23. The normalized spacial score (nSPS) is 34.1. The van der Waals surface area contributed by atoms with Gasteiger partial charge in [0.25, 0.3) is 0 Å². The number of anilines is 1. The van der Waals surface area contributed by atoms with E-state index < -0.39 is 84.0 Å². The third-order valence-electron chi connectivity index (χ3n) is 5.62. The number of aromatic nitrogens is 4. The first-order valence-corrected chi connectivity index (χ1v) is 14.0. The number of hydrogen-bond acceptors (Lipinski definition) is 17. The molecule has 4 heterocycles. The maximum Gasteiger partial charge on any atom is 0.481 e. The lowest BCUT2D eigenvalue weighted by atomic mass is 10.1. The second-order valence-electron chi connectivity index (χ2n) is 8.37. The number of esters is 1. The van der Waals surface area contributed by atoms with Gasteiger partial charge in [0.1, 0.15) is 42.4 Å². The zero-order chi connectivity index (χ0) is 28.7. The van der Waals surface area contributed by atoms with Crippen LogP contribution in [0.4, 0.5) is 5.82 Å². The van der Waals surface area contributed by atoms with Crippen molar-refractivity contribution in [3.8, 4) is 0 Å². The molecule has 0 radical (unpaired) electrons. The molecule has 2 aliphatic heterocycles. The highest BCUT2D eigenvalue weighted by Gasteiger charge is 2.48. The van der Waals surface area contributed by atoms with Gasteiger partial charge in [-0.2, -0.15) is 4.31 Å². The van der Waals surface area contributed by atoms with Gasteiger partial charge < -0.3 is 50.2 Å². The van der Waals surface area contributed by atoms with Gasteiger partial charge in [0.2, 0.25) is 0 Å². The Hall–Kier alpha value is -2.16. The maximum atomic E-state index is 12.3. The zero-order valence-electron chi connectivity index (χ0n) is 19.8. The van der Waals surface area contributed by atoms with Gasteiger partial charge in [0.05, 0.1) is 19.5 Å². The summed E-state index contributed by atoms with van der Waals surface area (Å²) in [7, 11) is -10.7. The number of phosphoric ester groups is 2. The number of aliphatic hydroxyl groups excluding tert-OH is 4. The Morgan fingerprint density at radius 1 is 1.00 bits per heavy atom. The maximum absolute atomic E-state index is 12.3.